The Balaban J connectivity index is 1.32. The van der Waals surface area contributed by atoms with Crippen LogP contribution in [0.25, 0.3) is 98.4 Å². The number of furan rings is 1. The molecule has 0 aliphatic carbocycles. The molecule has 0 spiro atoms. The van der Waals surface area contributed by atoms with Gasteiger partial charge in [0, 0.05) is 16.2 Å². The van der Waals surface area contributed by atoms with Gasteiger partial charge in [0.15, 0.2) is 0 Å². The monoisotopic (exact) mass is 610 g/mol. The van der Waals surface area contributed by atoms with Gasteiger partial charge in [0.1, 0.15) is 11.2 Å². The fourth-order valence-corrected chi connectivity index (χ4v) is 6.84. The Morgan fingerprint density at radius 2 is 0.979 bits per heavy atom. The normalized spacial score (nSPS) is 16.0. The van der Waals surface area contributed by atoms with Crippen molar-refractivity contribution in [3.05, 3.63) is 170 Å². The average Bonchev–Trinajstić information content (AvgIpc) is 3.68. The Labute approximate surface area is 291 Å². The van der Waals surface area contributed by atoms with Crippen LogP contribution < -0.4 is 0 Å². The van der Waals surface area contributed by atoms with Crippen LogP contribution in [-0.4, -0.2) is 0 Å². The van der Waals surface area contributed by atoms with E-state index in [4.69, 9.17) is 19.5 Å². The van der Waals surface area contributed by atoms with E-state index in [-0.39, 0.29) is 68.0 Å². The summed E-state index contributed by atoms with van der Waals surface area (Å²) in [5.74, 6) is 0. The van der Waals surface area contributed by atoms with Gasteiger partial charge in [-0.15, -0.1) is 0 Å². The van der Waals surface area contributed by atoms with Gasteiger partial charge < -0.3 is 4.42 Å². The molecule has 0 aliphatic heterocycles. The molecule has 0 aliphatic rings. The summed E-state index contributed by atoms with van der Waals surface area (Å²) in [6.07, 6.45) is 0. The summed E-state index contributed by atoms with van der Waals surface area (Å²) in [5.41, 5.74) is 2.29. The molecule has 0 fully saturated rings. The second-order valence-corrected chi connectivity index (χ2v) is 11.3. The van der Waals surface area contributed by atoms with Gasteiger partial charge in [-0.1, -0.05) is 151 Å². The maximum absolute atomic E-state index is 9.79. The van der Waals surface area contributed by atoms with E-state index in [1.165, 1.54) is 0 Å². The van der Waals surface area contributed by atoms with Crippen LogP contribution in [0.3, 0.4) is 0 Å². The van der Waals surface area contributed by atoms with Crippen molar-refractivity contribution in [2.45, 2.75) is 0 Å². The molecule has 1 aromatic heterocycles. The zero-order valence-electron chi connectivity index (χ0n) is 38.5. The van der Waals surface area contributed by atoms with Crippen molar-refractivity contribution in [3.63, 3.8) is 0 Å². The molecule has 0 saturated heterocycles. The van der Waals surface area contributed by atoms with Gasteiger partial charge in [0.2, 0.25) is 0 Å². The largest absolute Gasteiger partial charge is 0.455 e. The van der Waals surface area contributed by atoms with Gasteiger partial charge in [-0.3, -0.25) is 0 Å². The maximum Gasteiger partial charge on any atom is 0.143 e. The van der Waals surface area contributed by atoms with Gasteiger partial charge in [0.25, 0.3) is 0 Å². The van der Waals surface area contributed by atoms with E-state index in [9.17, 15) is 4.11 Å². The highest BCUT2D eigenvalue weighted by Gasteiger charge is 2.20. The first kappa shape index (κ1) is 15.9. The summed E-state index contributed by atoms with van der Waals surface area (Å²) in [5, 5.41) is 3.70. The van der Waals surface area contributed by atoms with Gasteiger partial charge in [-0.2, -0.15) is 0 Å². The van der Waals surface area contributed by atoms with Gasteiger partial charge in [-0.05, 0) is 89.2 Å². The zero-order chi connectivity index (χ0) is 43.1. The second kappa shape index (κ2) is 10.2. The van der Waals surface area contributed by atoms with E-state index in [2.05, 4.69) is 0 Å². The molecule has 9 aromatic carbocycles. The molecular formula is C46H28O. The van der Waals surface area contributed by atoms with E-state index in [1.54, 1.807) is 6.07 Å². The molecule has 47 heavy (non-hydrogen) atoms. The molecule has 1 heteroatoms. The maximum atomic E-state index is 9.79. The van der Waals surface area contributed by atoms with Crippen molar-refractivity contribution < 1.29 is 23.6 Å². The van der Waals surface area contributed by atoms with Crippen LogP contribution in [0.5, 0.6) is 0 Å². The molecule has 0 atom stereocenters. The topological polar surface area (TPSA) is 13.1 Å². The summed E-state index contributed by atoms with van der Waals surface area (Å²) in [6.45, 7) is 0. The van der Waals surface area contributed by atoms with Crippen LogP contribution in [0.4, 0.5) is 0 Å². The summed E-state index contributed by atoms with van der Waals surface area (Å²) >= 11 is 0. The Bertz CT molecular complexity index is 3560. The number of rotatable bonds is 3. The lowest BCUT2D eigenvalue weighted by molar-refractivity contribution is 0.672. The molecular weight excluding hydrogens is 569 g/mol. The third-order valence-electron chi connectivity index (χ3n) is 8.83. The standard InChI is InChI=1S/C46H28O/c1-2-12-29(13-3-1)32-25-26-40(35-17-7-6-16-34(32)35)45-38-20-10-8-18-36(38)44(37-19-9-11-21-39(37)45)31-23-27-43-42(28-31)41-24-22-30-14-4-5-15-33(30)46(41)47-43/h1-28H/i1D,2D,3D,4D,5D,12D,13D,14D,15D,22D,23D,24D,27D,28D. The van der Waals surface area contributed by atoms with Crippen molar-refractivity contribution in [1.82, 2.24) is 0 Å². The van der Waals surface area contributed by atoms with E-state index in [0.717, 1.165) is 27.3 Å². The SMILES string of the molecule is [2H]c1c([2H])c([2H])c(-c2ccc(-c3c4ccccc4c(-c4c([2H])c([2H])c5oc6c7c([2H])c([2H])c([2H])c([2H])c7c([2H])c([2H])c6c5c4[2H])c4ccccc34)c3ccccc23)c([2H])c1[2H]. The molecule has 0 N–H and O–H groups in total. The summed E-state index contributed by atoms with van der Waals surface area (Å²) < 4.78 is 129. The van der Waals surface area contributed by atoms with Crippen molar-refractivity contribution in [3.8, 4) is 33.4 Å². The lowest BCUT2D eigenvalue weighted by Gasteiger charge is -2.19. The van der Waals surface area contributed by atoms with Crippen LogP contribution in [-0.2, 0) is 0 Å². The average molecular weight is 611 g/mol. The predicted molar refractivity (Wildman–Crippen MR) is 200 cm³/mol. The number of hydrogen-bond acceptors (Lipinski definition) is 1. The third kappa shape index (κ3) is 3.90. The molecule has 0 saturated carbocycles. The first-order valence-corrected chi connectivity index (χ1v) is 15.1. The molecule has 1 heterocycles. The Hall–Kier alpha value is -6.18. The van der Waals surface area contributed by atoms with Crippen LogP contribution in [0.2, 0.25) is 0 Å². The van der Waals surface area contributed by atoms with Crippen LogP contribution in [0.1, 0.15) is 19.2 Å². The highest BCUT2D eigenvalue weighted by molar-refractivity contribution is 6.25. The van der Waals surface area contributed by atoms with Crippen molar-refractivity contribution in [2.24, 2.45) is 0 Å². The molecule has 1 nitrogen and oxygen atoms in total. The third-order valence-corrected chi connectivity index (χ3v) is 8.83. The Morgan fingerprint density at radius 1 is 0.383 bits per heavy atom. The van der Waals surface area contributed by atoms with Crippen molar-refractivity contribution in [1.29, 1.82) is 0 Å². The molecule has 218 valence electrons. The predicted octanol–water partition coefficient (Wildman–Crippen LogP) is 13.2. The first-order valence-electron chi connectivity index (χ1n) is 22.1. The quantitative estimate of drug-likeness (QED) is 0.181. The fourth-order valence-electron chi connectivity index (χ4n) is 6.84. The van der Waals surface area contributed by atoms with Crippen molar-refractivity contribution in [2.75, 3.05) is 0 Å². The summed E-state index contributed by atoms with van der Waals surface area (Å²) in [6, 6.07) is 20.1. The minimum absolute atomic E-state index is 0.0229. The minimum atomic E-state index is -0.570. The number of fused-ring (bicyclic) bond motifs is 8. The molecule has 0 radical (unpaired) electrons. The van der Waals surface area contributed by atoms with Crippen molar-refractivity contribution >= 4 is 65.0 Å². The van der Waals surface area contributed by atoms with Crippen LogP contribution >= 0.6 is 0 Å². The molecule has 10 aromatic rings. The van der Waals surface area contributed by atoms with E-state index in [0.29, 0.717) is 27.3 Å². The van der Waals surface area contributed by atoms with Crippen LogP contribution in [0, 0.1) is 0 Å². The Morgan fingerprint density at radius 3 is 1.70 bits per heavy atom. The Kier molecular flexibility index (Phi) is 3.44. The van der Waals surface area contributed by atoms with E-state index < -0.39 is 60.4 Å². The minimum Gasteiger partial charge on any atom is -0.455 e. The van der Waals surface area contributed by atoms with Gasteiger partial charge in [-0.25, -0.2) is 0 Å². The molecule has 10 rings (SSSR count). The molecule has 0 amide bonds. The molecule has 0 bridgehead atoms. The van der Waals surface area contributed by atoms with Crippen LogP contribution in [0.15, 0.2) is 174 Å². The zero-order valence-corrected chi connectivity index (χ0v) is 24.5. The summed E-state index contributed by atoms with van der Waals surface area (Å²) in [7, 11) is 0. The van der Waals surface area contributed by atoms with Gasteiger partial charge >= 0.3 is 0 Å². The lowest BCUT2D eigenvalue weighted by Crippen LogP contribution is -1.92. The smallest absolute Gasteiger partial charge is 0.143 e. The van der Waals surface area contributed by atoms with E-state index >= 15 is 0 Å². The van der Waals surface area contributed by atoms with E-state index in [1.807, 2.05) is 78.9 Å². The summed E-state index contributed by atoms with van der Waals surface area (Å²) in [4.78, 5) is 0. The molecule has 0 unspecified atom stereocenters. The second-order valence-electron chi connectivity index (χ2n) is 11.3. The number of benzene rings is 9. The first-order chi connectivity index (χ1) is 29.2. The van der Waals surface area contributed by atoms with Gasteiger partial charge in [0.05, 0.1) is 19.2 Å². The number of hydrogen-bond donors (Lipinski definition) is 0. The highest BCUT2D eigenvalue weighted by atomic mass is 16.3. The highest BCUT2D eigenvalue weighted by Crippen LogP contribution is 2.47. The lowest BCUT2D eigenvalue weighted by atomic mass is 9.83. The fraction of sp³-hybridized carbons (Fsp3) is 0.